The number of nitrogens with zero attached hydrogens (tertiary/aromatic N) is 2. The van der Waals surface area contributed by atoms with Crippen LogP contribution in [0.15, 0.2) is 53.3 Å². The molecule has 1 aromatic heterocycles. The Balaban J connectivity index is 1.65. The highest BCUT2D eigenvalue weighted by Gasteiger charge is 2.56. The minimum Gasteiger partial charge on any atom is -0.472 e. The molecule has 0 radical (unpaired) electrons. The number of rotatable bonds is 4. The highest BCUT2D eigenvalue weighted by atomic mass is 16.3. The van der Waals surface area contributed by atoms with E-state index in [4.69, 9.17) is 4.42 Å². The van der Waals surface area contributed by atoms with Gasteiger partial charge >= 0.3 is 0 Å². The third kappa shape index (κ3) is 2.46. The number of carbonyl (C=O) groups excluding carboxylic acids is 1. The molecule has 0 bridgehead atoms. The van der Waals surface area contributed by atoms with Gasteiger partial charge in [-0.15, -0.1) is 0 Å². The van der Waals surface area contributed by atoms with Crippen molar-refractivity contribution < 1.29 is 9.21 Å². The molecule has 4 heteroatoms. The summed E-state index contributed by atoms with van der Waals surface area (Å²) in [5.41, 5.74) is 2.20. The van der Waals surface area contributed by atoms with Crippen LogP contribution in [-0.4, -0.2) is 41.9 Å². The van der Waals surface area contributed by atoms with E-state index in [0.29, 0.717) is 5.91 Å². The Morgan fingerprint density at radius 3 is 2.75 bits per heavy atom. The summed E-state index contributed by atoms with van der Waals surface area (Å²) in [4.78, 5) is 17.6. The number of carbonyl (C=O) groups is 1. The Labute approximate surface area is 143 Å². The van der Waals surface area contributed by atoms with Crippen molar-refractivity contribution in [2.75, 3.05) is 26.2 Å². The van der Waals surface area contributed by atoms with Crippen molar-refractivity contribution in [1.82, 2.24) is 9.80 Å². The Morgan fingerprint density at radius 1 is 1.25 bits per heavy atom. The predicted octanol–water partition coefficient (Wildman–Crippen LogP) is 3.12. The van der Waals surface area contributed by atoms with Crippen molar-refractivity contribution >= 4 is 5.91 Å². The molecule has 2 aliphatic heterocycles. The lowest BCUT2D eigenvalue weighted by Crippen LogP contribution is -2.39. The van der Waals surface area contributed by atoms with Gasteiger partial charge in [-0.2, -0.15) is 0 Å². The second kappa shape index (κ2) is 6.10. The van der Waals surface area contributed by atoms with E-state index < -0.39 is 0 Å². The zero-order valence-corrected chi connectivity index (χ0v) is 14.1. The van der Waals surface area contributed by atoms with Crippen LogP contribution in [0.3, 0.4) is 0 Å². The Kier molecular flexibility index (Phi) is 3.93. The van der Waals surface area contributed by atoms with Crippen LogP contribution in [0, 0.1) is 5.41 Å². The highest BCUT2D eigenvalue weighted by Crippen LogP contribution is 2.50. The first-order valence-corrected chi connectivity index (χ1v) is 8.81. The van der Waals surface area contributed by atoms with Gasteiger partial charge in [0.1, 0.15) is 0 Å². The third-order valence-electron chi connectivity index (χ3n) is 5.72. The van der Waals surface area contributed by atoms with E-state index >= 15 is 0 Å². The fraction of sp³-hybridized carbons (Fsp3) is 0.450. The van der Waals surface area contributed by atoms with Crippen LogP contribution in [0.2, 0.25) is 0 Å². The van der Waals surface area contributed by atoms with Gasteiger partial charge in [-0.3, -0.25) is 9.69 Å². The van der Waals surface area contributed by atoms with Crippen molar-refractivity contribution in [2.45, 2.75) is 25.8 Å². The average Bonchev–Trinajstić information content (AvgIpc) is 3.31. The summed E-state index contributed by atoms with van der Waals surface area (Å²) in [6.45, 7) is 6.39. The van der Waals surface area contributed by atoms with Crippen molar-refractivity contribution in [3.05, 3.63) is 60.1 Å². The first kappa shape index (κ1) is 15.5. The summed E-state index contributed by atoms with van der Waals surface area (Å²) in [5.74, 6) is 0.614. The summed E-state index contributed by atoms with van der Waals surface area (Å²) in [7, 11) is 0. The Morgan fingerprint density at radius 2 is 2.08 bits per heavy atom. The molecule has 2 aromatic rings. The van der Waals surface area contributed by atoms with E-state index in [1.807, 2.05) is 17.0 Å². The molecule has 2 aliphatic rings. The lowest BCUT2D eigenvalue weighted by molar-refractivity contribution is -0.136. The van der Waals surface area contributed by atoms with E-state index in [1.165, 1.54) is 11.1 Å². The number of amides is 1. The highest BCUT2D eigenvalue weighted by molar-refractivity contribution is 5.87. The van der Waals surface area contributed by atoms with Gasteiger partial charge in [0.15, 0.2) is 0 Å². The van der Waals surface area contributed by atoms with Crippen molar-refractivity contribution in [1.29, 1.82) is 0 Å². The summed E-state index contributed by atoms with van der Waals surface area (Å²) in [6, 6.07) is 12.6. The number of furan rings is 1. The quantitative estimate of drug-likeness (QED) is 0.867. The van der Waals surface area contributed by atoms with Crippen LogP contribution < -0.4 is 0 Å². The first-order valence-electron chi connectivity index (χ1n) is 8.81. The van der Waals surface area contributed by atoms with Gasteiger partial charge in [-0.05, 0) is 25.0 Å². The normalized spacial score (nSPS) is 27.5. The molecule has 0 unspecified atom stereocenters. The number of hydrogen-bond acceptors (Lipinski definition) is 3. The molecule has 0 saturated carbocycles. The molecule has 4 rings (SSSR count). The van der Waals surface area contributed by atoms with Gasteiger partial charge in [-0.1, -0.05) is 30.3 Å². The van der Waals surface area contributed by atoms with Crippen LogP contribution in [0.4, 0.5) is 0 Å². The smallest absolute Gasteiger partial charge is 0.230 e. The molecular formula is C20H24N2O2. The topological polar surface area (TPSA) is 36.7 Å². The lowest BCUT2D eigenvalue weighted by atomic mass is 9.73. The molecule has 2 atom stereocenters. The maximum absolute atomic E-state index is 13.2. The largest absolute Gasteiger partial charge is 0.472 e. The minimum absolute atomic E-state index is 0.263. The van der Waals surface area contributed by atoms with Gasteiger partial charge in [0.25, 0.3) is 0 Å². The van der Waals surface area contributed by atoms with Crippen molar-refractivity contribution in [3.63, 3.8) is 0 Å². The zero-order chi connectivity index (χ0) is 16.6. The van der Waals surface area contributed by atoms with Gasteiger partial charge in [0.2, 0.25) is 5.91 Å². The number of benzene rings is 1. The van der Waals surface area contributed by atoms with Gasteiger partial charge in [0.05, 0.1) is 17.9 Å². The standard InChI is InChI=1S/C20H24N2O2/c1-2-22-10-9-20(19(22)23)15-21(12-16-8-11-24-14-16)13-18(20)17-6-4-3-5-7-17/h3-8,11,14,18H,2,9-10,12-13,15H2,1H3/t18-,20+/m1/s1. The van der Waals surface area contributed by atoms with Crippen LogP contribution in [0.1, 0.15) is 30.4 Å². The predicted molar refractivity (Wildman–Crippen MR) is 92.5 cm³/mol. The van der Waals surface area contributed by atoms with Crippen LogP contribution in [0.25, 0.3) is 0 Å². The Hall–Kier alpha value is -2.07. The maximum Gasteiger partial charge on any atom is 0.230 e. The fourth-order valence-corrected chi connectivity index (χ4v) is 4.51. The molecule has 2 fully saturated rings. The summed E-state index contributed by atoms with van der Waals surface area (Å²) in [5, 5.41) is 0. The molecule has 1 amide bonds. The van der Waals surface area contributed by atoms with E-state index in [1.54, 1.807) is 12.5 Å². The van der Waals surface area contributed by atoms with Crippen LogP contribution in [0.5, 0.6) is 0 Å². The molecule has 3 heterocycles. The number of hydrogen-bond donors (Lipinski definition) is 0. The fourth-order valence-electron chi connectivity index (χ4n) is 4.51. The van der Waals surface area contributed by atoms with E-state index in [0.717, 1.165) is 39.1 Å². The third-order valence-corrected chi connectivity index (χ3v) is 5.72. The van der Waals surface area contributed by atoms with E-state index in [-0.39, 0.29) is 11.3 Å². The molecular weight excluding hydrogens is 300 g/mol. The molecule has 2 saturated heterocycles. The molecule has 4 nitrogen and oxygen atoms in total. The lowest BCUT2D eigenvalue weighted by Gasteiger charge is -2.29. The molecule has 1 spiro atoms. The SMILES string of the molecule is CCN1CC[C@@]2(CN(Cc3ccoc3)C[C@@H]2c2ccccc2)C1=O. The molecule has 0 aliphatic carbocycles. The first-order chi connectivity index (χ1) is 11.7. The van der Waals surface area contributed by atoms with Crippen molar-refractivity contribution in [2.24, 2.45) is 5.41 Å². The van der Waals surface area contributed by atoms with Gasteiger partial charge in [0, 0.05) is 44.2 Å². The second-order valence-corrected chi connectivity index (χ2v) is 7.06. The zero-order valence-electron chi connectivity index (χ0n) is 14.1. The van der Waals surface area contributed by atoms with Crippen molar-refractivity contribution in [3.8, 4) is 0 Å². The molecule has 126 valence electrons. The molecule has 24 heavy (non-hydrogen) atoms. The summed E-state index contributed by atoms with van der Waals surface area (Å²) < 4.78 is 5.21. The maximum atomic E-state index is 13.2. The second-order valence-electron chi connectivity index (χ2n) is 7.06. The van der Waals surface area contributed by atoms with Gasteiger partial charge in [-0.25, -0.2) is 0 Å². The monoisotopic (exact) mass is 324 g/mol. The van der Waals surface area contributed by atoms with Gasteiger partial charge < -0.3 is 9.32 Å². The van der Waals surface area contributed by atoms with Crippen LogP contribution >= 0.6 is 0 Å². The van der Waals surface area contributed by atoms with E-state index in [9.17, 15) is 4.79 Å². The summed E-state index contributed by atoms with van der Waals surface area (Å²) >= 11 is 0. The molecule has 0 N–H and O–H groups in total. The summed E-state index contributed by atoms with van der Waals surface area (Å²) in [6.07, 6.45) is 4.48. The average molecular weight is 324 g/mol. The number of likely N-dealkylation sites (tertiary alicyclic amines) is 2. The van der Waals surface area contributed by atoms with Crippen LogP contribution in [-0.2, 0) is 11.3 Å². The Bertz CT molecular complexity index is 698. The van der Waals surface area contributed by atoms with E-state index in [2.05, 4.69) is 36.1 Å². The molecule has 1 aromatic carbocycles. The minimum atomic E-state index is -0.263.